The molecule has 2 N–H and O–H groups in total. The number of nitrogens with one attached hydrogen (secondary N) is 1. The summed E-state index contributed by atoms with van der Waals surface area (Å²) in [6, 6.07) is 4.91. The van der Waals surface area contributed by atoms with Gasteiger partial charge in [-0.05, 0) is 38.6 Å². The fraction of sp³-hybridized carbons (Fsp3) is 0.462. The van der Waals surface area contributed by atoms with Gasteiger partial charge in [0.15, 0.2) is 0 Å². The predicted octanol–water partition coefficient (Wildman–Crippen LogP) is 2.63. The van der Waals surface area contributed by atoms with Crippen molar-refractivity contribution in [1.29, 1.82) is 0 Å². The highest BCUT2D eigenvalue weighted by Crippen LogP contribution is 2.25. The van der Waals surface area contributed by atoms with Crippen molar-refractivity contribution >= 4 is 34.8 Å². The van der Waals surface area contributed by atoms with Crippen LogP contribution in [-0.2, 0) is 4.79 Å². The highest BCUT2D eigenvalue weighted by molar-refractivity contribution is 6.36. The molecule has 0 aromatic heterocycles. The van der Waals surface area contributed by atoms with E-state index >= 15 is 0 Å². The summed E-state index contributed by atoms with van der Waals surface area (Å²) in [6.45, 7) is 2.62. The third kappa shape index (κ3) is 6.25. The number of rotatable bonds is 6. The van der Waals surface area contributed by atoms with Crippen molar-refractivity contribution < 1.29 is 9.90 Å². The highest BCUT2D eigenvalue weighted by Gasteiger charge is 2.09. The Balaban J connectivity index is 2.46. The molecule has 0 heterocycles. The van der Waals surface area contributed by atoms with E-state index in [4.69, 9.17) is 23.2 Å². The zero-order valence-corrected chi connectivity index (χ0v) is 12.5. The maximum absolute atomic E-state index is 11.8. The van der Waals surface area contributed by atoms with Crippen LogP contribution in [0.25, 0.3) is 0 Å². The van der Waals surface area contributed by atoms with Gasteiger partial charge in [0, 0.05) is 11.6 Å². The third-order valence-corrected chi connectivity index (χ3v) is 3.10. The van der Waals surface area contributed by atoms with Crippen LogP contribution < -0.4 is 5.32 Å². The molecule has 1 atom stereocenters. The molecule has 1 aromatic rings. The number of hydrogen-bond donors (Lipinski definition) is 2. The molecule has 0 saturated heterocycles. The Hall–Kier alpha value is -0.810. The standard InChI is InChI=1S/C13H18Cl2N2O2/c1-9(18)5-6-17(2)8-13(19)16-12-4-3-10(14)7-11(12)15/h3-4,7,9,18H,5-6,8H2,1-2H3,(H,16,19). The van der Waals surface area contributed by atoms with Gasteiger partial charge in [0.2, 0.25) is 5.91 Å². The molecule has 0 aliphatic heterocycles. The topological polar surface area (TPSA) is 52.6 Å². The lowest BCUT2D eigenvalue weighted by Gasteiger charge is -2.17. The SMILES string of the molecule is CC(O)CCN(C)CC(=O)Nc1ccc(Cl)cc1Cl. The lowest BCUT2D eigenvalue weighted by Crippen LogP contribution is -2.32. The number of aliphatic hydroxyl groups excluding tert-OH is 1. The van der Waals surface area contributed by atoms with Crippen molar-refractivity contribution in [3.8, 4) is 0 Å². The van der Waals surface area contributed by atoms with E-state index in [2.05, 4.69) is 5.32 Å². The zero-order chi connectivity index (χ0) is 14.4. The summed E-state index contributed by atoms with van der Waals surface area (Å²) in [5.74, 6) is -0.155. The van der Waals surface area contributed by atoms with E-state index < -0.39 is 0 Å². The van der Waals surface area contributed by atoms with Crippen LogP contribution in [0.15, 0.2) is 18.2 Å². The summed E-state index contributed by atoms with van der Waals surface area (Å²) in [4.78, 5) is 13.6. The lowest BCUT2D eigenvalue weighted by molar-refractivity contribution is -0.117. The second kappa shape index (κ2) is 7.70. The Morgan fingerprint density at radius 3 is 2.74 bits per heavy atom. The molecular weight excluding hydrogens is 287 g/mol. The van der Waals surface area contributed by atoms with Gasteiger partial charge in [-0.15, -0.1) is 0 Å². The Bertz CT molecular complexity index is 439. The second-order valence-electron chi connectivity index (χ2n) is 4.55. The molecule has 4 nitrogen and oxygen atoms in total. The normalized spacial score (nSPS) is 12.5. The van der Waals surface area contributed by atoms with Crippen molar-refractivity contribution in [3.05, 3.63) is 28.2 Å². The Kier molecular flexibility index (Phi) is 6.58. The monoisotopic (exact) mass is 304 g/mol. The van der Waals surface area contributed by atoms with Gasteiger partial charge in [-0.3, -0.25) is 9.69 Å². The number of nitrogens with zero attached hydrogens (tertiary/aromatic N) is 1. The van der Waals surface area contributed by atoms with Crippen LogP contribution in [0, 0.1) is 0 Å². The van der Waals surface area contributed by atoms with Crippen LogP contribution in [0.5, 0.6) is 0 Å². The molecule has 19 heavy (non-hydrogen) atoms. The largest absolute Gasteiger partial charge is 0.393 e. The van der Waals surface area contributed by atoms with Gasteiger partial charge in [-0.2, -0.15) is 0 Å². The molecular formula is C13H18Cl2N2O2. The molecule has 0 fully saturated rings. The average molecular weight is 305 g/mol. The number of carbonyl (C=O) groups excluding carboxylic acids is 1. The first kappa shape index (κ1) is 16.2. The molecule has 0 aliphatic rings. The van der Waals surface area contributed by atoms with Crippen LogP contribution >= 0.6 is 23.2 Å². The van der Waals surface area contributed by atoms with Gasteiger partial charge < -0.3 is 10.4 Å². The van der Waals surface area contributed by atoms with E-state index in [0.29, 0.717) is 28.7 Å². The van der Waals surface area contributed by atoms with Crippen molar-refractivity contribution in [3.63, 3.8) is 0 Å². The molecule has 0 bridgehead atoms. The molecule has 1 rings (SSSR count). The molecule has 0 aliphatic carbocycles. The first-order chi connectivity index (χ1) is 8.88. The Morgan fingerprint density at radius 2 is 2.16 bits per heavy atom. The summed E-state index contributed by atoms with van der Waals surface area (Å²) in [5.41, 5.74) is 0.542. The summed E-state index contributed by atoms with van der Waals surface area (Å²) < 4.78 is 0. The van der Waals surface area contributed by atoms with E-state index in [-0.39, 0.29) is 18.6 Å². The van der Waals surface area contributed by atoms with Crippen LogP contribution in [0.1, 0.15) is 13.3 Å². The highest BCUT2D eigenvalue weighted by atomic mass is 35.5. The Morgan fingerprint density at radius 1 is 1.47 bits per heavy atom. The van der Waals surface area contributed by atoms with Crippen LogP contribution in [0.4, 0.5) is 5.69 Å². The second-order valence-corrected chi connectivity index (χ2v) is 5.39. The van der Waals surface area contributed by atoms with Crippen LogP contribution in [0.2, 0.25) is 10.0 Å². The minimum Gasteiger partial charge on any atom is -0.393 e. The first-order valence-electron chi connectivity index (χ1n) is 6.00. The molecule has 0 spiro atoms. The number of halogens is 2. The molecule has 1 unspecified atom stereocenters. The van der Waals surface area contributed by atoms with Gasteiger partial charge in [0.1, 0.15) is 0 Å². The minimum absolute atomic E-state index is 0.155. The number of carbonyl (C=O) groups is 1. The van der Waals surface area contributed by atoms with Gasteiger partial charge in [0.25, 0.3) is 0 Å². The van der Waals surface area contributed by atoms with Gasteiger partial charge in [-0.1, -0.05) is 23.2 Å². The number of amides is 1. The molecule has 6 heteroatoms. The fourth-order valence-electron chi connectivity index (χ4n) is 1.51. The number of anilines is 1. The molecule has 106 valence electrons. The minimum atomic E-state index is -0.365. The fourth-order valence-corrected chi connectivity index (χ4v) is 1.97. The van der Waals surface area contributed by atoms with Crippen molar-refractivity contribution in [2.24, 2.45) is 0 Å². The molecule has 0 radical (unpaired) electrons. The summed E-state index contributed by atoms with van der Waals surface area (Å²) in [7, 11) is 1.82. The smallest absolute Gasteiger partial charge is 0.238 e. The quantitative estimate of drug-likeness (QED) is 0.849. The van der Waals surface area contributed by atoms with E-state index in [1.165, 1.54) is 0 Å². The van der Waals surface area contributed by atoms with Gasteiger partial charge in [-0.25, -0.2) is 0 Å². The Labute approximate surface area is 123 Å². The third-order valence-electron chi connectivity index (χ3n) is 2.55. The summed E-state index contributed by atoms with van der Waals surface area (Å²) >= 11 is 11.7. The maximum atomic E-state index is 11.8. The first-order valence-corrected chi connectivity index (χ1v) is 6.75. The van der Waals surface area contributed by atoms with Crippen LogP contribution in [-0.4, -0.2) is 42.2 Å². The number of likely N-dealkylation sites (N-methyl/N-ethyl adjacent to an activating group) is 1. The molecule has 1 amide bonds. The number of aliphatic hydroxyl groups is 1. The number of benzene rings is 1. The van der Waals surface area contributed by atoms with Crippen LogP contribution in [0.3, 0.4) is 0 Å². The summed E-state index contributed by atoms with van der Waals surface area (Å²) in [5, 5.41) is 12.8. The van der Waals surface area contributed by atoms with E-state index in [9.17, 15) is 9.90 Å². The zero-order valence-electron chi connectivity index (χ0n) is 11.0. The predicted molar refractivity (Wildman–Crippen MR) is 78.9 cm³/mol. The number of hydrogen-bond acceptors (Lipinski definition) is 3. The van der Waals surface area contributed by atoms with E-state index in [1.54, 1.807) is 25.1 Å². The van der Waals surface area contributed by atoms with E-state index in [1.807, 2.05) is 11.9 Å². The average Bonchev–Trinajstić information content (AvgIpc) is 2.30. The van der Waals surface area contributed by atoms with Gasteiger partial charge in [0.05, 0.1) is 23.4 Å². The van der Waals surface area contributed by atoms with Gasteiger partial charge >= 0.3 is 0 Å². The van der Waals surface area contributed by atoms with Crippen molar-refractivity contribution in [2.75, 3.05) is 25.5 Å². The van der Waals surface area contributed by atoms with Crippen molar-refractivity contribution in [2.45, 2.75) is 19.4 Å². The lowest BCUT2D eigenvalue weighted by atomic mass is 10.2. The molecule has 0 saturated carbocycles. The maximum Gasteiger partial charge on any atom is 0.238 e. The van der Waals surface area contributed by atoms with E-state index in [0.717, 1.165) is 0 Å². The summed E-state index contributed by atoms with van der Waals surface area (Å²) in [6.07, 6.45) is 0.266. The van der Waals surface area contributed by atoms with Crippen molar-refractivity contribution in [1.82, 2.24) is 4.90 Å². The molecule has 1 aromatic carbocycles.